The van der Waals surface area contributed by atoms with E-state index in [0.717, 1.165) is 26.9 Å². The van der Waals surface area contributed by atoms with Gasteiger partial charge < -0.3 is 10.1 Å². The summed E-state index contributed by atoms with van der Waals surface area (Å²) in [5.74, 6) is -0.254. The summed E-state index contributed by atoms with van der Waals surface area (Å²) in [5.41, 5.74) is 4.09. The zero-order valence-electron chi connectivity index (χ0n) is 14.4. The first-order valence-electron chi connectivity index (χ1n) is 8.09. The minimum absolute atomic E-state index is 0.0366. The Kier molecular flexibility index (Phi) is 4.43. The second-order valence-electron chi connectivity index (χ2n) is 7.03. The van der Waals surface area contributed by atoms with Crippen LogP contribution in [0.1, 0.15) is 49.6 Å². The molecule has 2 aromatic carbocycles. The van der Waals surface area contributed by atoms with Gasteiger partial charge in [-0.25, -0.2) is 0 Å². The van der Waals surface area contributed by atoms with Gasteiger partial charge in [0.25, 0.3) is 0 Å². The summed E-state index contributed by atoms with van der Waals surface area (Å²) in [6.45, 7) is 7.81. The lowest BCUT2D eigenvalue weighted by Crippen LogP contribution is -2.40. The van der Waals surface area contributed by atoms with E-state index < -0.39 is 0 Å². The highest BCUT2D eigenvalue weighted by molar-refractivity contribution is 9.10. The number of halogens is 1. The lowest BCUT2D eigenvalue weighted by molar-refractivity contribution is -0.154. The molecule has 1 aliphatic heterocycles. The SMILES string of the molecule is CC(=O)O[C@H]1c2cc(C)ccc2N[C@@H](c2cccc(Br)c2)C1(C)C. The monoisotopic (exact) mass is 387 g/mol. The van der Waals surface area contributed by atoms with Crippen LogP contribution in [0.2, 0.25) is 0 Å². The predicted molar refractivity (Wildman–Crippen MR) is 100.0 cm³/mol. The fourth-order valence-corrected chi connectivity index (χ4v) is 3.92. The first-order valence-corrected chi connectivity index (χ1v) is 8.88. The van der Waals surface area contributed by atoms with Crippen LogP contribution in [0.25, 0.3) is 0 Å². The zero-order valence-corrected chi connectivity index (χ0v) is 16.0. The summed E-state index contributed by atoms with van der Waals surface area (Å²) >= 11 is 3.55. The Morgan fingerprint density at radius 3 is 2.62 bits per heavy atom. The number of fused-ring (bicyclic) bond motifs is 1. The molecule has 1 N–H and O–H groups in total. The van der Waals surface area contributed by atoms with Crippen molar-refractivity contribution < 1.29 is 9.53 Å². The highest BCUT2D eigenvalue weighted by Gasteiger charge is 2.46. The molecule has 126 valence electrons. The van der Waals surface area contributed by atoms with Crippen molar-refractivity contribution in [2.24, 2.45) is 5.41 Å². The molecule has 0 radical (unpaired) electrons. The standard InChI is InChI=1S/C20H22BrNO2/c1-12-8-9-17-16(10-12)19(24-13(2)23)20(3,4)18(22-17)14-6-5-7-15(21)11-14/h5-11,18-19,22H,1-4H3/t18-,19-/m0/s1. The van der Waals surface area contributed by atoms with Crippen LogP contribution in [0.3, 0.4) is 0 Å². The van der Waals surface area contributed by atoms with E-state index in [1.54, 1.807) is 0 Å². The fraction of sp³-hybridized carbons (Fsp3) is 0.350. The maximum Gasteiger partial charge on any atom is 0.303 e. The molecular formula is C20H22BrNO2. The van der Waals surface area contributed by atoms with Crippen LogP contribution in [-0.4, -0.2) is 5.97 Å². The average molecular weight is 388 g/mol. The van der Waals surface area contributed by atoms with Crippen LogP contribution in [0.4, 0.5) is 5.69 Å². The largest absolute Gasteiger partial charge is 0.457 e. The molecule has 24 heavy (non-hydrogen) atoms. The Labute approximate surface area is 151 Å². The molecule has 1 heterocycles. The van der Waals surface area contributed by atoms with Crippen molar-refractivity contribution >= 4 is 27.6 Å². The Morgan fingerprint density at radius 2 is 1.96 bits per heavy atom. The molecule has 0 amide bonds. The molecule has 0 unspecified atom stereocenters. The number of esters is 1. The van der Waals surface area contributed by atoms with E-state index in [9.17, 15) is 4.79 Å². The first kappa shape index (κ1) is 17.0. The van der Waals surface area contributed by atoms with E-state index in [1.807, 2.05) is 12.1 Å². The fourth-order valence-electron chi connectivity index (χ4n) is 3.50. The number of nitrogens with one attached hydrogen (secondary N) is 1. The van der Waals surface area contributed by atoms with Crippen LogP contribution < -0.4 is 5.32 Å². The van der Waals surface area contributed by atoms with Gasteiger partial charge in [-0.15, -0.1) is 0 Å². The van der Waals surface area contributed by atoms with E-state index in [-0.39, 0.29) is 23.5 Å². The van der Waals surface area contributed by atoms with Gasteiger partial charge in [0.2, 0.25) is 0 Å². The Hall–Kier alpha value is -1.81. The molecule has 0 aliphatic carbocycles. The van der Waals surface area contributed by atoms with Crippen molar-refractivity contribution in [1.82, 2.24) is 0 Å². The molecule has 3 rings (SSSR count). The smallest absolute Gasteiger partial charge is 0.303 e. The minimum atomic E-state index is -0.298. The third-order valence-corrected chi connectivity index (χ3v) is 5.17. The third-order valence-electron chi connectivity index (χ3n) is 4.67. The topological polar surface area (TPSA) is 38.3 Å². The molecule has 0 fully saturated rings. The first-order chi connectivity index (χ1) is 11.3. The van der Waals surface area contributed by atoms with Crippen LogP contribution in [0, 0.1) is 12.3 Å². The van der Waals surface area contributed by atoms with Gasteiger partial charge in [-0.1, -0.05) is 59.6 Å². The number of ether oxygens (including phenoxy) is 1. The number of hydrogen-bond acceptors (Lipinski definition) is 3. The van der Waals surface area contributed by atoms with Crippen LogP contribution in [-0.2, 0) is 9.53 Å². The number of anilines is 1. The number of carbonyl (C=O) groups excluding carboxylic acids is 1. The van der Waals surface area contributed by atoms with Gasteiger partial charge >= 0.3 is 5.97 Å². The summed E-state index contributed by atoms with van der Waals surface area (Å²) in [6, 6.07) is 14.6. The lowest BCUT2D eigenvalue weighted by atomic mass is 9.70. The van der Waals surface area contributed by atoms with Crippen LogP contribution in [0.15, 0.2) is 46.9 Å². The van der Waals surface area contributed by atoms with Crippen LogP contribution in [0.5, 0.6) is 0 Å². The second kappa shape index (κ2) is 6.25. The van der Waals surface area contributed by atoms with Crippen molar-refractivity contribution in [3.05, 3.63) is 63.6 Å². The third kappa shape index (κ3) is 3.07. The van der Waals surface area contributed by atoms with Crippen molar-refractivity contribution in [2.75, 3.05) is 5.32 Å². The van der Waals surface area contributed by atoms with Gasteiger partial charge in [0.15, 0.2) is 0 Å². The molecule has 1 aliphatic rings. The summed E-state index contributed by atoms with van der Waals surface area (Å²) in [5, 5.41) is 3.65. The quantitative estimate of drug-likeness (QED) is 0.685. The minimum Gasteiger partial charge on any atom is -0.457 e. The summed E-state index contributed by atoms with van der Waals surface area (Å²) in [7, 11) is 0. The van der Waals surface area contributed by atoms with Gasteiger partial charge in [0.05, 0.1) is 6.04 Å². The molecular weight excluding hydrogens is 366 g/mol. The number of carbonyl (C=O) groups is 1. The molecule has 0 aromatic heterocycles. The van der Waals surface area contributed by atoms with Crippen molar-refractivity contribution in [3.63, 3.8) is 0 Å². The van der Waals surface area contributed by atoms with E-state index in [0.29, 0.717) is 0 Å². The van der Waals surface area contributed by atoms with Gasteiger partial charge in [-0.2, -0.15) is 0 Å². The van der Waals surface area contributed by atoms with Crippen molar-refractivity contribution in [2.45, 2.75) is 39.8 Å². The van der Waals surface area contributed by atoms with E-state index in [4.69, 9.17) is 4.74 Å². The molecule has 0 saturated carbocycles. The van der Waals surface area contributed by atoms with Crippen molar-refractivity contribution in [3.8, 4) is 0 Å². The molecule has 0 saturated heterocycles. The highest BCUT2D eigenvalue weighted by atomic mass is 79.9. The normalized spacial score (nSPS) is 21.5. The van der Waals surface area contributed by atoms with Crippen molar-refractivity contribution in [1.29, 1.82) is 0 Å². The highest BCUT2D eigenvalue weighted by Crippen LogP contribution is 2.53. The number of hydrogen-bond donors (Lipinski definition) is 1. The van der Waals surface area contributed by atoms with Crippen LogP contribution >= 0.6 is 15.9 Å². The molecule has 4 heteroatoms. The molecule has 0 spiro atoms. The summed E-state index contributed by atoms with van der Waals surface area (Å²) in [6.07, 6.45) is -0.296. The van der Waals surface area contributed by atoms with Gasteiger partial charge in [0.1, 0.15) is 6.10 Å². The summed E-state index contributed by atoms with van der Waals surface area (Å²) < 4.78 is 6.82. The van der Waals surface area contributed by atoms with E-state index in [1.165, 1.54) is 6.92 Å². The zero-order chi connectivity index (χ0) is 17.5. The molecule has 2 aromatic rings. The lowest BCUT2D eigenvalue weighted by Gasteiger charge is -2.46. The Morgan fingerprint density at radius 1 is 1.21 bits per heavy atom. The van der Waals surface area contributed by atoms with Gasteiger partial charge in [0, 0.05) is 28.1 Å². The molecule has 2 atom stereocenters. The maximum atomic E-state index is 11.7. The number of aryl methyl sites for hydroxylation is 1. The van der Waals surface area contributed by atoms with E-state index in [2.05, 4.69) is 72.3 Å². The molecule has 3 nitrogen and oxygen atoms in total. The second-order valence-corrected chi connectivity index (χ2v) is 7.95. The molecule has 0 bridgehead atoms. The number of rotatable bonds is 2. The predicted octanol–water partition coefficient (Wildman–Crippen LogP) is 5.55. The Balaban J connectivity index is 2.13. The average Bonchev–Trinajstić information content (AvgIpc) is 2.50. The maximum absolute atomic E-state index is 11.7. The van der Waals surface area contributed by atoms with Gasteiger partial charge in [-0.05, 0) is 30.7 Å². The van der Waals surface area contributed by atoms with Gasteiger partial charge in [-0.3, -0.25) is 4.79 Å². The number of benzene rings is 2. The van der Waals surface area contributed by atoms with E-state index >= 15 is 0 Å². The summed E-state index contributed by atoms with van der Waals surface area (Å²) in [4.78, 5) is 11.7. The Bertz CT molecular complexity index is 785.